The van der Waals surface area contributed by atoms with Crippen LogP contribution >= 0.6 is 22.9 Å². The molecule has 0 aliphatic carbocycles. The van der Waals surface area contributed by atoms with Crippen molar-refractivity contribution < 1.29 is 19.2 Å². The van der Waals surface area contributed by atoms with Crippen molar-refractivity contribution in [3.8, 4) is 0 Å². The van der Waals surface area contributed by atoms with Gasteiger partial charge in [0.2, 0.25) is 0 Å². The third kappa shape index (κ3) is 3.39. The molecule has 0 saturated heterocycles. The summed E-state index contributed by atoms with van der Waals surface area (Å²) in [7, 11) is 1.25. The molecule has 1 N–H and O–H groups in total. The monoisotopic (exact) mass is 368 g/mol. The molecular formula is C15H13ClN2O5S. The van der Waals surface area contributed by atoms with Crippen molar-refractivity contribution in [2.24, 2.45) is 0 Å². The van der Waals surface area contributed by atoms with Gasteiger partial charge in [-0.3, -0.25) is 14.9 Å². The van der Waals surface area contributed by atoms with Crippen LogP contribution in [-0.4, -0.2) is 23.9 Å². The second kappa shape index (κ2) is 6.98. The number of hydrogen-bond donors (Lipinski definition) is 1. The molecule has 0 atom stereocenters. The third-order valence-corrected chi connectivity index (χ3v) is 4.85. The van der Waals surface area contributed by atoms with E-state index in [1.807, 2.05) is 6.92 Å². The summed E-state index contributed by atoms with van der Waals surface area (Å²) in [5, 5.41) is 13.8. The maximum atomic E-state index is 12.4. The van der Waals surface area contributed by atoms with Gasteiger partial charge in [0.15, 0.2) is 0 Å². The largest absolute Gasteiger partial charge is 0.465 e. The Hall–Kier alpha value is -2.45. The molecule has 0 aliphatic rings. The molecule has 2 rings (SSSR count). The minimum absolute atomic E-state index is 0.0605. The molecule has 1 heterocycles. The van der Waals surface area contributed by atoms with E-state index < -0.39 is 16.8 Å². The van der Waals surface area contributed by atoms with Crippen LogP contribution in [0.25, 0.3) is 0 Å². The number of halogens is 1. The molecule has 1 aromatic heterocycles. The van der Waals surface area contributed by atoms with Crippen molar-refractivity contribution in [2.45, 2.75) is 13.8 Å². The lowest BCUT2D eigenvalue weighted by atomic mass is 10.1. The predicted molar refractivity (Wildman–Crippen MR) is 91.2 cm³/mol. The Bertz CT molecular complexity index is 847. The number of carbonyl (C=O) groups is 2. The molecule has 1 aromatic carbocycles. The zero-order valence-corrected chi connectivity index (χ0v) is 14.6. The van der Waals surface area contributed by atoms with Crippen LogP contribution in [0.2, 0.25) is 5.02 Å². The molecule has 7 nitrogen and oxygen atoms in total. The Labute approximate surface area is 146 Å². The molecule has 0 bridgehead atoms. The summed E-state index contributed by atoms with van der Waals surface area (Å²) >= 11 is 6.96. The van der Waals surface area contributed by atoms with Gasteiger partial charge < -0.3 is 10.1 Å². The standard InChI is InChI=1S/C15H13ClN2O5S/c1-7-8(2)24-14(12(7)15(20)23-3)17-13(19)9-4-5-10(16)11(6-9)18(21)22/h4-6H,1-3H3,(H,17,19). The predicted octanol–water partition coefficient (Wildman–Crippen LogP) is 3.97. The van der Waals surface area contributed by atoms with Crippen LogP contribution in [0.3, 0.4) is 0 Å². The van der Waals surface area contributed by atoms with Gasteiger partial charge in [0.05, 0.1) is 17.6 Å². The SMILES string of the molecule is COC(=O)c1c(NC(=O)c2ccc(Cl)c([N+](=O)[O-])c2)sc(C)c1C. The first-order chi connectivity index (χ1) is 11.3. The average Bonchev–Trinajstić information content (AvgIpc) is 2.81. The zero-order valence-electron chi connectivity index (χ0n) is 13.0. The minimum atomic E-state index is -0.668. The van der Waals surface area contributed by atoms with Crippen LogP contribution in [-0.2, 0) is 4.74 Å². The third-order valence-electron chi connectivity index (χ3n) is 3.41. The quantitative estimate of drug-likeness (QED) is 0.500. The van der Waals surface area contributed by atoms with E-state index in [0.29, 0.717) is 10.6 Å². The number of hydrogen-bond acceptors (Lipinski definition) is 6. The van der Waals surface area contributed by atoms with E-state index in [0.717, 1.165) is 10.9 Å². The van der Waals surface area contributed by atoms with E-state index >= 15 is 0 Å². The number of esters is 1. The highest BCUT2D eigenvalue weighted by atomic mass is 35.5. The van der Waals surface area contributed by atoms with Crippen LogP contribution in [0.15, 0.2) is 18.2 Å². The highest BCUT2D eigenvalue weighted by Crippen LogP contribution is 2.33. The number of nitrogens with one attached hydrogen (secondary N) is 1. The minimum Gasteiger partial charge on any atom is -0.465 e. The summed E-state index contributed by atoms with van der Waals surface area (Å²) in [5.41, 5.74) is 0.683. The summed E-state index contributed by atoms with van der Waals surface area (Å²) in [5.74, 6) is -1.14. The van der Waals surface area contributed by atoms with E-state index in [2.05, 4.69) is 5.32 Å². The lowest BCUT2D eigenvalue weighted by molar-refractivity contribution is -0.384. The number of amides is 1. The van der Waals surface area contributed by atoms with Gasteiger partial charge in [0.25, 0.3) is 11.6 Å². The first kappa shape index (κ1) is 17.9. The molecule has 126 valence electrons. The molecule has 0 unspecified atom stereocenters. The fourth-order valence-corrected chi connectivity index (χ4v) is 3.26. The van der Waals surface area contributed by atoms with Crippen LogP contribution < -0.4 is 5.32 Å². The Kier molecular flexibility index (Phi) is 5.20. The number of benzene rings is 1. The summed E-state index contributed by atoms with van der Waals surface area (Å²) in [6.07, 6.45) is 0. The Morgan fingerprint density at radius 1 is 1.33 bits per heavy atom. The first-order valence-corrected chi connectivity index (χ1v) is 7.89. The molecule has 24 heavy (non-hydrogen) atoms. The number of carbonyl (C=O) groups excluding carboxylic acids is 2. The lowest BCUT2D eigenvalue weighted by Gasteiger charge is -2.06. The molecule has 9 heteroatoms. The fourth-order valence-electron chi connectivity index (χ4n) is 2.03. The Morgan fingerprint density at radius 3 is 2.58 bits per heavy atom. The van der Waals surface area contributed by atoms with Crippen molar-refractivity contribution in [3.63, 3.8) is 0 Å². The van der Waals surface area contributed by atoms with Crippen molar-refractivity contribution in [1.82, 2.24) is 0 Å². The van der Waals surface area contributed by atoms with Crippen LogP contribution in [0.5, 0.6) is 0 Å². The molecule has 1 amide bonds. The van der Waals surface area contributed by atoms with Crippen molar-refractivity contribution in [3.05, 3.63) is 54.9 Å². The van der Waals surface area contributed by atoms with E-state index in [9.17, 15) is 19.7 Å². The highest BCUT2D eigenvalue weighted by molar-refractivity contribution is 7.16. The van der Waals surface area contributed by atoms with Gasteiger partial charge in [0, 0.05) is 16.5 Å². The van der Waals surface area contributed by atoms with Crippen molar-refractivity contribution in [1.29, 1.82) is 0 Å². The van der Waals surface area contributed by atoms with Crippen LogP contribution in [0.4, 0.5) is 10.7 Å². The maximum Gasteiger partial charge on any atom is 0.341 e. The smallest absolute Gasteiger partial charge is 0.341 e. The van der Waals surface area contributed by atoms with Gasteiger partial charge in [-0.2, -0.15) is 0 Å². The number of methoxy groups -OCH3 is 1. The Balaban J connectivity index is 2.37. The topological polar surface area (TPSA) is 98.5 Å². The molecule has 2 aromatic rings. The van der Waals surface area contributed by atoms with Gasteiger partial charge in [0.1, 0.15) is 10.0 Å². The number of nitrogens with zero attached hydrogens (tertiary/aromatic N) is 1. The van der Waals surface area contributed by atoms with Gasteiger partial charge in [-0.25, -0.2) is 4.79 Å². The normalized spacial score (nSPS) is 10.3. The second-order valence-corrected chi connectivity index (χ2v) is 6.49. The lowest BCUT2D eigenvalue weighted by Crippen LogP contribution is -2.14. The fraction of sp³-hybridized carbons (Fsp3) is 0.200. The van der Waals surface area contributed by atoms with E-state index in [1.54, 1.807) is 6.92 Å². The van der Waals surface area contributed by atoms with Crippen molar-refractivity contribution in [2.75, 3.05) is 12.4 Å². The van der Waals surface area contributed by atoms with E-state index in [4.69, 9.17) is 16.3 Å². The van der Waals surface area contributed by atoms with Crippen LogP contribution in [0.1, 0.15) is 31.2 Å². The first-order valence-electron chi connectivity index (χ1n) is 6.69. The number of thiophene rings is 1. The number of ether oxygens (including phenoxy) is 1. The van der Waals surface area contributed by atoms with Crippen LogP contribution in [0, 0.1) is 24.0 Å². The number of aryl methyl sites for hydroxylation is 1. The maximum absolute atomic E-state index is 12.4. The van der Waals surface area contributed by atoms with Crippen molar-refractivity contribution >= 4 is 45.5 Å². The number of rotatable bonds is 4. The number of anilines is 1. The molecular weight excluding hydrogens is 356 g/mol. The van der Waals surface area contributed by atoms with Gasteiger partial charge in [-0.05, 0) is 31.5 Å². The number of nitro benzene ring substituents is 1. The Morgan fingerprint density at radius 2 is 2.00 bits per heavy atom. The molecule has 0 aliphatic heterocycles. The van der Waals surface area contributed by atoms with Gasteiger partial charge in [-0.15, -0.1) is 11.3 Å². The summed E-state index contributed by atoms with van der Waals surface area (Å²) < 4.78 is 4.73. The molecule has 0 spiro atoms. The van der Waals surface area contributed by atoms with Gasteiger partial charge in [-0.1, -0.05) is 11.6 Å². The number of nitro groups is 1. The summed E-state index contributed by atoms with van der Waals surface area (Å²) in [6, 6.07) is 3.74. The second-order valence-electron chi connectivity index (χ2n) is 4.86. The molecule has 0 radical (unpaired) electrons. The summed E-state index contributed by atoms with van der Waals surface area (Å²) in [4.78, 5) is 35.4. The van der Waals surface area contributed by atoms with E-state index in [1.165, 1.54) is 30.6 Å². The molecule has 0 saturated carbocycles. The van der Waals surface area contributed by atoms with E-state index in [-0.39, 0.29) is 21.8 Å². The zero-order chi connectivity index (χ0) is 18.0. The highest BCUT2D eigenvalue weighted by Gasteiger charge is 2.23. The summed E-state index contributed by atoms with van der Waals surface area (Å²) in [6.45, 7) is 3.57. The molecule has 0 fully saturated rings. The van der Waals surface area contributed by atoms with Gasteiger partial charge >= 0.3 is 5.97 Å². The average molecular weight is 369 g/mol.